The SMILES string of the molecule is CC(C)Oc1ccc(C(O)C2(CN)CCOCC2)cc1. The van der Waals surface area contributed by atoms with Crippen molar-refractivity contribution in [3.63, 3.8) is 0 Å². The van der Waals surface area contributed by atoms with Crippen LogP contribution in [-0.2, 0) is 4.74 Å². The lowest BCUT2D eigenvalue weighted by Crippen LogP contribution is -2.41. The Morgan fingerprint density at radius 3 is 2.35 bits per heavy atom. The van der Waals surface area contributed by atoms with Crippen molar-refractivity contribution < 1.29 is 14.6 Å². The zero-order valence-electron chi connectivity index (χ0n) is 12.3. The summed E-state index contributed by atoms with van der Waals surface area (Å²) in [6.07, 6.45) is 1.20. The molecule has 1 aliphatic rings. The fourth-order valence-corrected chi connectivity index (χ4v) is 2.72. The third-order valence-corrected chi connectivity index (χ3v) is 4.04. The van der Waals surface area contributed by atoms with Crippen LogP contribution in [0.5, 0.6) is 5.75 Å². The molecule has 4 heteroatoms. The van der Waals surface area contributed by atoms with Crippen LogP contribution in [0.2, 0.25) is 0 Å². The Morgan fingerprint density at radius 2 is 1.85 bits per heavy atom. The second-order valence-electron chi connectivity index (χ2n) is 5.82. The second kappa shape index (κ2) is 6.57. The fourth-order valence-electron chi connectivity index (χ4n) is 2.72. The molecule has 0 aromatic heterocycles. The molecule has 1 saturated heterocycles. The van der Waals surface area contributed by atoms with Gasteiger partial charge in [-0.1, -0.05) is 12.1 Å². The van der Waals surface area contributed by atoms with Crippen LogP contribution in [-0.4, -0.2) is 31.0 Å². The molecule has 0 spiro atoms. The zero-order valence-corrected chi connectivity index (χ0v) is 12.3. The van der Waals surface area contributed by atoms with Gasteiger partial charge in [0.1, 0.15) is 5.75 Å². The smallest absolute Gasteiger partial charge is 0.119 e. The number of hydrogen-bond donors (Lipinski definition) is 2. The minimum atomic E-state index is -0.551. The molecule has 1 heterocycles. The van der Waals surface area contributed by atoms with E-state index in [0.29, 0.717) is 19.8 Å². The normalized spacial score (nSPS) is 19.9. The minimum Gasteiger partial charge on any atom is -0.491 e. The monoisotopic (exact) mass is 279 g/mol. The number of aliphatic hydroxyl groups excluding tert-OH is 1. The quantitative estimate of drug-likeness (QED) is 0.867. The lowest BCUT2D eigenvalue weighted by molar-refractivity contribution is -0.0581. The van der Waals surface area contributed by atoms with Crippen LogP contribution >= 0.6 is 0 Å². The molecule has 1 aromatic rings. The van der Waals surface area contributed by atoms with Crippen LogP contribution in [0, 0.1) is 5.41 Å². The van der Waals surface area contributed by atoms with Gasteiger partial charge in [0.15, 0.2) is 0 Å². The summed E-state index contributed by atoms with van der Waals surface area (Å²) in [5, 5.41) is 10.7. The van der Waals surface area contributed by atoms with Crippen LogP contribution in [0.1, 0.15) is 38.4 Å². The first-order valence-electron chi connectivity index (χ1n) is 7.30. The number of hydrogen-bond acceptors (Lipinski definition) is 4. The summed E-state index contributed by atoms with van der Waals surface area (Å²) in [7, 11) is 0. The van der Waals surface area contributed by atoms with E-state index in [1.165, 1.54) is 0 Å². The van der Waals surface area contributed by atoms with E-state index >= 15 is 0 Å². The van der Waals surface area contributed by atoms with Crippen LogP contribution in [0.25, 0.3) is 0 Å². The number of nitrogens with two attached hydrogens (primary N) is 1. The van der Waals surface area contributed by atoms with Gasteiger partial charge < -0.3 is 20.3 Å². The summed E-state index contributed by atoms with van der Waals surface area (Å²) >= 11 is 0. The van der Waals surface area contributed by atoms with Gasteiger partial charge in [-0.2, -0.15) is 0 Å². The molecular formula is C16H25NO3. The molecule has 2 rings (SSSR count). The Labute approximate surface area is 120 Å². The average molecular weight is 279 g/mol. The number of ether oxygens (including phenoxy) is 2. The molecule has 0 bridgehead atoms. The lowest BCUT2D eigenvalue weighted by Gasteiger charge is -2.40. The summed E-state index contributed by atoms with van der Waals surface area (Å²) in [6.45, 7) is 5.80. The van der Waals surface area contributed by atoms with Gasteiger partial charge in [0.05, 0.1) is 12.2 Å². The Morgan fingerprint density at radius 1 is 1.25 bits per heavy atom. The maximum Gasteiger partial charge on any atom is 0.119 e. The molecule has 1 unspecified atom stereocenters. The van der Waals surface area contributed by atoms with Crippen molar-refractivity contribution in [1.29, 1.82) is 0 Å². The van der Waals surface area contributed by atoms with Crippen molar-refractivity contribution in [2.45, 2.75) is 38.9 Å². The first-order chi connectivity index (χ1) is 9.57. The molecule has 1 atom stereocenters. The Hall–Kier alpha value is -1.10. The topological polar surface area (TPSA) is 64.7 Å². The first-order valence-corrected chi connectivity index (χ1v) is 7.30. The van der Waals surface area contributed by atoms with Crippen LogP contribution < -0.4 is 10.5 Å². The predicted octanol–water partition coefficient (Wildman–Crippen LogP) is 2.26. The Kier molecular flexibility index (Phi) is 5.02. The van der Waals surface area contributed by atoms with Gasteiger partial charge in [0, 0.05) is 25.2 Å². The number of aliphatic hydroxyl groups is 1. The molecular weight excluding hydrogens is 254 g/mol. The highest BCUT2D eigenvalue weighted by Gasteiger charge is 2.39. The molecule has 112 valence electrons. The maximum absolute atomic E-state index is 10.7. The van der Waals surface area contributed by atoms with E-state index in [9.17, 15) is 5.11 Å². The molecule has 4 nitrogen and oxygen atoms in total. The van der Waals surface area contributed by atoms with Gasteiger partial charge in [0.2, 0.25) is 0 Å². The van der Waals surface area contributed by atoms with Gasteiger partial charge in [-0.05, 0) is 44.4 Å². The molecule has 0 saturated carbocycles. The molecule has 1 aromatic carbocycles. The van der Waals surface area contributed by atoms with Gasteiger partial charge in [-0.3, -0.25) is 0 Å². The van der Waals surface area contributed by atoms with E-state index in [1.54, 1.807) is 0 Å². The van der Waals surface area contributed by atoms with Gasteiger partial charge in [0.25, 0.3) is 0 Å². The summed E-state index contributed by atoms with van der Waals surface area (Å²) in [5.41, 5.74) is 6.56. The molecule has 0 amide bonds. The Bertz CT molecular complexity index is 410. The molecule has 1 fully saturated rings. The highest BCUT2D eigenvalue weighted by molar-refractivity contribution is 5.29. The second-order valence-corrected chi connectivity index (χ2v) is 5.82. The van der Waals surface area contributed by atoms with Gasteiger partial charge in [-0.15, -0.1) is 0 Å². The fraction of sp³-hybridized carbons (Fsp3) is 0.625. The summed E-state index contributed by atoms with van der Waals surface area (Å²) in [4.78, 5) is 0. The van der Waals surface area contributed by atoms with Crippen molar-refractivity contribution in [3.8, 4) is 5.75 Å². The van der Waals surface area contributed by atoms with E-state index < -0.39 is 6.10 Å². The van der Waals surface area contributed by atoms with Crippen molar-refractivity contribution >= 4 is 0 Å². The van der Waals surface area contributed by atoms with Gasteiger partial charge >= 0.3 is 0 Å². The van der Waals surface area contributed by atoms with Crippen molar-refractivity contribution in [2.24, 2.45) is 11.1 Å². The molecule has 1 aliphatic heterocycles. The molecule has 20 heavy (non-hydrogen) atoms. The van der Waals surface area contributed by atoms with E-state index in [-0.39, 0.29) is 11.5 Å². The highest BCUT2D eigenvalue weighted by Crippen LogP contribution is 2.41. The zero-order chi connectivity index (χ0) is 14.6. The first kappa shape index (κ1) is 15.3. The summed E-state index contributed by atoms with van der Waals surface area (Å²) in [6, 6.07) is 7.66. The van der Waals surface area contributed by atoms with E-state index in [4.69, 9.17) is 15.2 Å². The minimum absolute atomic E-state index is 0.150. The standard InChI is InChI=1S/C16H25NO3/c1-12(2)20-14-5-3-13(4-6-14)15(18)16(11-17)7-9-19-10-8-16/h3-6,12,15,18H,7-11,17H2,1-2H3. The van der Waals surface area contributed by atoms with Crippen molar-refractivity contribution in [2.75, 3.05) is 19.8 Å². The predicted molar refractivity (Wildman–Crippen MR) is 78.7 cm³/mol. The third-order valence-electron chi connectivity index (χ3n) is 4.04. The van der Waals surface area contributed by atoms with Crippen molar-refractivity contribution in [1.82, 2.24) is 0 Å². The number of benzene rings is 1. The molecule has 0 aliphatic carbocycles. The molecule has 0 radical (unpaired) electrons. The van der Waals surface area contributed by atoms with E-state index in [2.05, 4.69) is 0 Å². The van der Waals surface area contributed by atoms with E-state index in [0.717, 1.165) is 24.2 Å². The number of rotatable bonds is 5. The highest BCUT2D eigenvalue weighted by atomic mass is 16.5. The van der Waals surface area contributed by atoms with Crippen LogP contribution in [0.3, 0.4) is 0 Å². The van der Waals surface area contributed by atoms with Gasteiger partial charge in [-0.25, -0.2) is 0 Å². The van der Waals surface area contributed by atoms with Crippen molar-refractivity contribution in [3.05, 3.63) is 29.8 Å². The maximum atomic E-state index is 10.7. The largest absolute Gasteiger partial charge is 0.491 e. The van der Waals surface area contributed by atoms with Crippen LogP contribution in [0.4, 0.5) is 0 Å². The Balaban J connectivity index is 2.13. The summed E-state index contributed by atoms with van der Waals surface area (Å²) < 4.78 is 11.0. The van der Waals surface area contributed by atoms with E-state index in [1.807, 2.05) is 38.1 Å². The molecule has 3 N–H and O–H groups in total. The third kappa shape index (κ3) is 3.32. The van der Waals surface area contributed by atoms with Crippen LogP contribution in [0.15, 0.2) is 24.3 Å². The average Bonchev–Trinajstić information content (AvgIpc) is 2.47. The summed E-state index contributed by atoms with van der Waals surface area (Å²) in [5.74, 6) is 0.824. The lowest BCUT2D eigenvalue weighted by atomic mass is 9.73.